The van der Waals surface area contributed by atoms with Crippen LogP contribution in [0.3, 0.4) is 0 Å². The first-order valence-electron chi connectivity index (χ1n) is 17.0. The molecule has 0 saturated heterocycles. The molecule has 0 spiro atoms. The number of aryl methyl sites for hydroxylation is 1. The third-order valence-electron chi connectivity index (χ3n) is 9.33. The number of hydrogen-bond acceptors (Lipinski definition) is 7. The Kier molecular flexibility index (Phi) is 12.7. The summed E-state index contributed by atoms with van der Waals surface area (Å²) in [5.74, 6) is 1.17. The van der Waals surface area contributed by atoms with Crippen molar-refractivity contribution in [3.63, 3.8) is 0 Å². The number of fused-ring (bicyclic) bond motifs is 1. The van der Waals surface area contributed by atoms with Gasteiger partial charge in [0.05, 0.1) is 35.5 Å². The second-order valence-electron chi connectivity index (χ2n) is 14.0. The third kappa shape index (κ3) is 9.07. The summed E-state index contributed by atoms with van der Waals surface area (Å²) in [5.41, 5.74) is 2.38. The lowest BCUT2D eigenvalue weighted by atomic mass is 9.75. The van der Waals surface area contributed by atoms with Gasteiger partial charge in [-0.2, -0.15) is 16.9 Å². The molecular formula is C39H45BrF2N4O3S2. The zero-order chi connectivity index (χ0) is 36.9. The van der Waals surface area contributed by atoms with Gasteiger partial charge in [-0.25, -0.2) is 18.4 Å². The van der Waals surface area contributed by atoms with E-state index >= 15 is 8.78 Å². The van der Waals surface area contributed by atoms with Crippen LogP contribution in [-0.2, 0) is 28.4 Å². The molecule has 2 aromatic heterocycles. The monoisotopic (exact) mass is 798 g/mol. The predicted octanol–water partition coefficient (Wildman–Crippen LogP) is 9.73. The van der Waals surface area contributed by atoms with Gasteiger partial charge in [-0.05, 0) is 94.7 Å². The summed E-state index contributed by atoms with van der Waals surface area (Å²) >= 11 is 6.53. The minimum absolute atomic E-state index is 0.0581. The number of rotatable bonds is 16. The van der Waals surface area contributed by atoms with E-state index in [0.29, 0.717) is 43.6 Å². The van der Waals surface area contributed by atoms with Crippen LogP contribution in [0.15, 0.2) is 75.1 Å². The van der Waals surface area contributed by atoms with Crippen molar-refractivity contribution < 1.29 is 23.4 Å². The minimum atomic E-state index is -0.641. The molecule has 0 amide bonds. The van der Waals surface area contributed by atoms with Crippen molar-refractivity contribution in [1.29, 1.82) is 0 Å². The number of carbonyl (C=O) groups excluding carboxylic acids is 1. The Morgan fingerprint density at radius 3 is 2.63 bits per heavy atom. The van der Waals surface area contributed by atoms with Crippen molar-refractivity contribution in [2.75, 3.05) is 25.2 Å². The summed E-state index contributed by atoms with van der Waals surface area (Å²) < 4.78 is 38.1. The van der Waals surface area contributed by atoms with E-state index < -0.39 is 11.2 Å². The molecule has 0 aliphatic heterocycles. The normalized spacial score (nSPS) is 13.8. The molecule has 2 heterocycles. The lowest BCUT2D eigenvalue weighted by molar-refractivity contribution is -0.144. The summed E-state index contributed by atoms with van der Waals surface area (Å²) in [7, 11) is 3.16. The van der Waals surface area contributed by atoms with E-state index in [4.69, 9.17) is 14.8 Å². The molecule has 0 aliphatic carbocycles. The number of nitrogens with one attached hydrogen (secondary N) is 1. The number of aliphatic hydroxyl groups is 1. The molecule has 0 aliphatic rings. The maximum absolute atomic E-state index is 15.6. The first-order chi connectivity index (χ1) is 24.3. The Balaban J connectivity index is 1.50. The lowest BCUT2D eigenvalue weighted by Gasteiger charge is -2.30. The zero-order valence-electron chi connectivity index (χ0n) is 29.9. The molecule has 2 atom stereocenters. The maximum atomic E-state index is 15.6. The summed E-state index contributed by atoms with van der Waals surface area (Å²) in [6.45, 7) is 8.64. The summed E-state index contributed by atoms with van der Waals surface area (Å²) in [5, 5.41) is 15.0. The Morgan fingerprint density at radius 1 is 1.10 bits per heavy atom. The molecular weight excluding hydrogens is 754 g/mol. The third-order valence-corrected chi connectivity index (χ3v) is 13.0. The fraction of sp³-hybridized carbons (Fsp3) is 0.410. The van der Waals surface area contributed by atoms with Gasteiger partial charge in [0.2, 0.25) is 0 Å². The van der Waals surface area contributed by atoms with Crippen LogP contribution >= 0.6 is 39.5 Å². The van der Waals surface area contributed by atoms with Gasteiger partial charge in [-0.1, -0.05) is 63.2 Å². The second kappa shape index (κ2) is 16.7. The van der Waals surface area contributed by atoms with Gasteiger partial charge in [0.1, 0.15) is 11.6 Å². The van der Waals surface area contributed by atoms with Gasteiger partial charge in [-0.3, -0.25) is 4.79 Å². The number of aromatic nitrogens is 4. The number of halogens is 3. The van der Waals surface area contributed by atoms with Crippen LogP contribution in [0.1, 0.15) is 63.9 Å². The van der Waals surface area contributed by atoms with E-state index in [1.54, 1.807) is 41.8 Å². The number of esters is 1. The van der Waals surface area contributed by atoms with Crippen LogP contribution in [0.4, 0.5) is 8.78 Å². The summed E-state index contributed by atoms with van der Waals surface area (Å²) in [4.78, 5) is 21.4. The van der Waals surface area contributed by atoms with E-state index in [2.05, 4.69) is 53.8 Å². The lowest BCUT2D eigenvalue weighted by Crippen LogP contribution is -2.27. The van der Waals surface area contributed by atoms with Crippen LogP contribution < -0.4 is 0 Å². The molecule has 12 heteroatoms. The number of hydrogen-bond donors (Lipinski definition) is 2. The fourth-order valence-corrected chi connectivity index (χ4v) is 9.04. The average molecular weight is 800 g/mol. The number of aromatic amines is 1. The standard InChI is InChI=1S/C39H45BrF2N4O3S2/c1-24(36(48)49-6)19-25-9-7-10-26(20-25)39(4,15-8-14-38(2,3)23-50-18-17-47)37-44-35(46(5)45-37)29-21-27(11-12-30(29)41)51-34-31(42)22-32-28(33(34)40)13-16-43-32/h7,9-13,16,20-22,24,43,47H,8,14-15,17-19,23H2,1-6H3. The highest BCUT2D eigenvalue weighted by Gasteiger charge is 2.35. The highest BCUT2D eigenvalue weighted by molar-refractivity contribution is 9.10. The molecule has 7 nitrogen and oxygen atoms in total. The van der Waals surface area contributed by atoms with Gasteiger partial charge in [-0.15, -0.1) is 0 Å². The minimum Gasteiger partial charge on any atom is -0.469 e. The number of nitrogens with zero attached hydrogens (tertiary/aromatic N) is 3. The average Bonchev–Trinajstić information content (AvgIpc) is 3.73. The summed E-state index contributed by atoms with van der Waals surface area (Å²) in [6, 6.07) is 16.2. The zero-order valence-corrected chi connectivity index (χ0v) is 33.1. The number of thioether (sulfide) groups is 1. The fourth-order valence-electron chi connectivity index (χ4n) is 6.39. The number of ether oxygens (including phenoxy) is 1. The number of carbonyl (C=O) groups is 1. The SMILES string of the molecule is COC(=O)C(C)Cc1cccc(C(C)(CCCC(C)(C)CSCCO)c2nc(-c3cc(Sc4c(F)cc5[nH]ccc5c4Br)ccc3F)n(C)n2)c1. The van der Waals surface area contributed by atoms with Crippen molar-refractivity contribution in [2.24, 2.45) is 18.4 Å². The molecule has 0 radical (unpaired) electrons. The molecule has 3 aromatic carbocycles. The molecule has 5 aromatic rings. The van der Waals surface area contributed by atoms with E-state index in [1.807, 2.05) is 25.1 Å². The first kappa shape index (κ1) is 39.0. The Morgan fingerprint density at radius 2 is 1.88 bits per heavy atom. The van der Waals surface area contributed by atoms with Crippen LogP contribution in [0.5, 0.6) is 0 Å². The number of H-pyrrole nitrogens is 1. The highest BCUT2D eigenvalue weighted by atomic mass is 79.9. The maximum Gasteiger partial charge on any atom is 0.308 e. The van der Waals surface area contributed by atoms with Crippen molar-refractivity contribution in [1.82, 2.24) is 19.7 Å². The molecule has 272 valence electrons. The Labute approximate surface area is 315 Å². The van der Waals surface area contributed by atoms with Crippen molar-refractivity contribution in [3.05, 3.63) is 93.9 Å². The van der Waals surface area contributed by atoms with Crippen molar-refractivity contribution >= 4 is 56.3 Å². The first-order valence-corrected chi connectivity index (χ1v) is 19.7. The van der Waals surface area contributed by atoms with Gasteiger partial charge in [0.25, 0.3) is 0 Å². The van der Waals surface area contributed by atoms with E-state index in [0.717, 1.165) is 41.5 Å². The second-order valence-corrected chi connectivity index (χ2v) is 17.0. The topological polar surface area (TPSA) is 93.0 Å². The van der Waals surface area contributed by atoms with Crippen molar-refractivity contribution in [3.8, 4) is 11.4 Å². The Bertz CT molecular complexity index is 2000. The van der Waals surface area contributed by atoms with E-state index in [-0.39, 0.29) is 35.3 Å². The number of benzene rings is 3. The van der Waals surface area contributed by atoms with Gasteiger partial charge >= 0.3 is 5.97 Å². The van der Waals surface area contributed by atoms with Crippen LogP contribution in [0.2, 0.25) is 0 Å². The van der Waals surface area contributed by atoms with Gasteiger partial charge in [0, 0.05) is 39.3 Å². The highest BCUT2D eigenvalue weighted by Crippen LogP contribution is 2.42. The van der Waals surface area contributed by atoms with Crippen LogP contribution in [0, 0.1) is 23.0 Å². The summed E-state index contributed by atoms with van der Waals surface area (Å²) in [6.07, 6.45) is 4.85. The van der Waals surface area contributed by atoms with Crippen LogP contribution in [-0.4, -0.2) is 56.0 Å². The van der Waals surface area contributed by atoms with Gasteiger partial charge in [0.15, 0.2) is 11.6 Å². The molecule has 0 saturated carbocycles. The predicted molar refractivity (Wildman–Crippen MR) is 206 cm³/mol. The largest absolute Gasteiger partial charge is 0.469 e. The molecule has 2 N–H and O–H groups in total. The molecule has 2 unspecified atom stereocenters. The van der Waals surface area contributed by atoms with E-state index in [1.165, 1.54) is 31.0 Å². The smallest absolute Gasteiger partial charge is 0.308 e. The number of methoxy groups -OCH3 is 1. The van der Waals surface area contributed by atoms with Gasteiger partial charge < -0.3 is 14.8 Å². The molecule has 51 heavy (non-hydrogen) atoms. The quantitative estimate of drug-likeness (QED) is 0.0759. The van der Waals surface area contributed by atoms with Crippen molar-refractivity contribution in [2.45, 2.75) is 68.6 Å². The number of aliphatic hydroxyl groups excluding tert-OH is 1. The molecule has 5 rings (SSSR count). The molecule has 0 fully saturated rings. The Hall–Kier alpha value is -3.19. The molecule has 0 bridgehead atoms. The van der Waals surface area contributed by atoms with Crippen LogP contribution in [0.25, 0.3) is 22.3 Å². The van der Waals surface area contributed by atoms with E-state index in [9.17, 15) is 9.90 Å².